The van der Waals surface area contributed by atoms with E-state index in [1.807, 2.05) is 0 Å². The predicted molar refractivity (Wildman–Crippen MR) is 102 cm³/mol. The van der Waals surface area contributed by atoms with Gasteiger partial charge in [-0.25, -0.2) is 8.42 Å². The number of anilines is 1. The lowest BCUT2D eigenvalue weighted by atomic mass is 10.2. The molecule has 1 fully saturated rings. The summed E-state index contributed by atoms with van der Waals surface area (Å²) in [7, 11) is -2.21. The Balaban J connectivity index is 1.91. The normalized spacial score (nSPS) is 15.7. The lowest BCUT2D eigenvalue weighted by Crippen LogP contribution is -2.32. The van der Waals surface area contributed by atoms with Crippen molar-refractivity contribution in [3.8, 4) is 5.75 Å². The van der Waals surface area contributed by atoms with Gasteiger partial charge in [-0.3, -0.25) is 9.78 Å². The SMILES string of the molecule is COc1ccc(S(=O)(=O)N2CCCCCC2)cc1C(=O)Nc1cccnc1. The van der Waals surface area contributed by atoms with Gasteiger partial charge in [0.2, 0.25) is 10.0 Å². The average molecular weight is 389 g/mol. The number of hydrogen-bond acceptors (Lipinski definition) is 5. The number of aromatic nitrogens is 1. The minimum atomic E-state index is -3.65. The number of pyridine rings is 1. The van der Waals surface area contributed by atoms with E-state index in [1.54, 1.807) is 18.3 Å². The van der Waals surface area contributed by atoms with Gasteiger partial charge in [0.05, 0.1) is 29.5 Å². The highest BCUT2D eigenvalue weighted by molar-refractivity contribution is 7.89. The Kier molecular flexibility index (Phi) is 6.08. The molecule has 0 aliphatic carbocycles. The van der Waals surface area contributed by atoms with Crippen LogP contribution in [0.2, 0.25) is 0 Å². The van der Waals surface area contributed by atoms with Crippen LogP contribution in [0.4, 0.5) is 5.69 Å². The maximum absolute atomic E-state index is 13.0. The third-order valence-corrected chi connectivity index (χ3v) is 6.43. The Morgan fingerprint density at radius 2 is 1.89 bits per heavy atom. The molecule has 0 radical (unpaired) electrons. The maximum Gasteiger partial charge on any atom is 0.259 e. The first-order valence-electron chi connectivity index (χ1n) is 8.92. The predicted octanol–water partition coefficient (Wildman–Crippen LogP) is 2.91. The van der Waals surface area contributed by atoms with Crippen molar-refractivity contribution in [2.24, 2.45) is 0 Å². The van der Waals surface area contributed by atoms with Crippen molar-refractivity contribution in [3.05, 3.63) is 48.3 Å². The number of hydrogen-bond donors (Lipinski definition) is 1. The molecule has 1 N–H and O–H groups in total. The van der Waals surface area contributed by atoms with E-state index < -0.39 is 15.9 Å². The maximum atomic E-state index is 13.0. The molecule has 3 rings (SSSR count). The molecule has 1 saturated heterocycles. The van der Waals surface area contributed by atoms with E-state index in [0.717, 1.165) is 25.7 Å². The van der Waals surface area contributed by atoms with Gasteiger partial charge in [-0.2, -0.15) is 4.31 Å². The zero-order valence-electron chi connectivity index (χ0n) is 15.2. The van der Waals surface area contributed by atoms with Crippen LogP contribution in [0.5, 0.6) is 5.75 Å². The average Bonchev–Trinajstić information content (AvgIpc) is 2.98. The third-order valence-electron chi connectivity index (χ3n) is 4.54. The Hall–Kier alpha value is -2.45. The standard InChI is InChI=1S/C19H23N3O4S/c1-26-18-9-8-16(27(24,25)22-11-4-2-3-5-12-22)13-17(18)19(23)21-15-7-6-10-20-14-15/h6-10,13-14H,2-5,11-12H2,1H3,(H,21,23). The van der Waals surface area contributed by atoms with E-state index in [0.29, 0.717) is 24.5 Å². The highest BCUT2D eigenvalue weighted by Gasteiger charge is 2.27. The van der Waals surface area contributed by atoms with Crippen LogP contribution in [-0.4, -0.2) is 43.8 Å². The summed E-state index contributed by atoms with van der Waals surface area (Å²) in [6.07, 6.45) is 6.89. The highest BCUT2D eigenvalue weighted by Crippen LogP contribution is 2.26. The van der Waals surface area contributed by atoms with Crippen molar-refractivity contribution in [1.82, 2.24) is 9.29 Å². The number of rotatable bonds is 5. The van der Waals surface area contributed by atoms with E-state index in [4.69, 9.17) is 4.74 Å². The first-order valence-corrected chi connectivity index (χ1v) is 10.4. The van der Waals surface area contributed by atoms with Gasteiger partial charge in [0.1, 0.15) is 5.75 Å². The molecule has 0 spiro atoms. The molecule has 1 aromatic carbocycles. The largest absolute Gasteiger partial charge is 0.496 e. The summed E-state index contributed by atoms with van der Waals surface area (Å²) in [4.78, 5) is 16.7. The van der Waals surface area contributed by atoms with Gasteiger partial charge < -0.3 is 10.1 Å². The van der Waals surface area contributed by atoms with Crippen molar-refractivity contribution in [2.75, 3.05) is 25.5 Å². The van der Waals surface area contributed by atoms with Crippen LogP contribution in [0, 0.1) is 0 Å². The minimum Gasteiger partial charge on any atom is -0.496 e. The number of carbonyl (C=O) groups excluding carboxylic acids is 1. The summed E-state index contributed by atoms with van der Waals surface area (Å²) in [6, 6.07) is 7.79. The quantitative estimate of drug-likeness (QED) is 0.849. The molecule has 1 aliphatic heterocycles. The van der Waals surface area contributed by atoms with Crippen LogP contribution < -0.4 is 10.1 Å². The fourth-order valence-corrected chi connectivity index (χ4v) is 4.64. The van der Waals surface area contributed by atoms with E-state index in [2.05, 4.69) is 10.3 Å². The lowest BCUT2D eigenvalue weighted by Gasteiger charge is -2.20. The second-order valence-electron chi connectivity index (χ2n) is 6.38. The molecule has 2 aromatic rings. The summed E-state index contributed by atoms with van der Waals surface area (Å²) in [5.74, 6) is -0.140. The van der Waals surface area contributed by atoms with Crippen molar-refractivity contribution in [1.29, 1.82) is 0 Å². The number of amides is 1. The molecule has 0 saturated carbocycles. The fraction of sp³-hybridized carbons (Fsp3) is 0.368. The Morgan fingerprint density at radius 1 is 1.15 bits per heavy atom. The Labute approximate surface area is 159 Å². The van der Waals surface area contributed by atoms with Crippen molar-refractivity contribution in [3.63, 3.8) is 0 Å². The van der Waals surface area contributed by atoms with Gasteiger partial charge >= 0.3 is 0 Å². The molecule has 2 heterocycles. The summed E-state index contributed by atoms with van der Waals surface area (Å²) in [5.41, 5.74) is 0.683. The van der Waals surface area contributed by atoms with Gasteiger partial charge in [0, 0.05) is 19.3 Å². The number of ether oxygens (including phenoxy) is 1. The van der Waals surface area contributed by atoms with Crippen molar-refractivity contribution in [2.45, 2.75) is 30.6 Å². The Morgan fingerprint density at radius 3 is 2.52 bits per heavy atom. The van der Waals surface area contributed by atoms with Crippen LogP contribution in [0.15, 0.2) is 47.6 Å². The van der Waals surface area contributed by atoms with Gasteiger partial charge in [-0.15, -0.1) is 0 Å². The van der Waals surface area contributed by atoms with Gasteiger partial charge in [-0.05, 0) is 43.2 Å². The van der Waals surface area contributed by atoms with E-state index in [9.17, 15) is 13.2 Å². The monoisotopic (exact) mass is 389 g/mol. The molecular weight excluding hydrogens is 366 g/mol. The zero-order chi connectivity index (χ0) is 19.3. The van der Waals surface area contributed by atoms with Crippen LogP contribution in [0.1, 0.15) is 36.0 Å². The molecule has 1 aromatic heterocycles. The van der Waals surface area contributed by atoms with E-state index >= 15 is 0 Å². The molecule has 0 atom stereocenters. The number of nitrogens with one attached hydrogen (secondary N) is 1. The number of methoxy groups -OCH3 is 1. The molecule has 8 heteroatoms. The summed E-state index contributed by atoms with van der Waals surface area (Å²) in [6.45, 7) is 1.01. The second kappa shape index (κ2) is 8.49. The van der Waals surface area contributed by atoms with Crippen LogP contribution in [0.3, 0.4) is 0 Å². The first kappa shape index (κ1) is 19.3. The van der Waals surface area contributed by atoms with Crippen LogP contribution in [-0.2, 0) is 10.0 Å². The van der Waals surface area contributed by atoms with Gasteiger partial charge in [0.15, 0.2) is 0 Å². The highest BCUT2D eigenvalue weighted by atomic mass is 32.2. The lowest BCUT2D eigenvalue weighted by molar-refractivity contribution is 0.102. The van der Waals surface area contributed by atoms with Gasteiger partial charge in [0.25, 0.3) is 5.91 Å². The van der Waals surface area contributed by atoms with E-state index in [-0.39, 0.29) is 10.5 Å². The molecule has 1 aliphatic rings. The first-order chi connectivity index (χ1) is 13.0. The number of carbonyl (C=O) groups is 1. The molecule has 27 heavy (non-hydrogen) atoms. The van der Waals surface area contributed by atoms with Crippen LogP contribution >= 0.6 is 0 Å². The summed E-state index contributed by atoms with van der Waals surface area (Å²) >= 11 is 0. The minimum absolute atomic E-state index is 0.0986. The second-order valence-corrected chi connectivity index (χ2v) is 8.31. The summed E-state index contributed by atoms with van der Waals surface area (Å²) < 4.78 is 32.8. The van der Waals surface area contributed by atoms with Gasteiger partial charge in [-0.1, -0.05) is 12.8 Å². The number of sulfonamides is 1. The topological polar surface area (TPSA) is 88.6 Å². The van der Waals surface area contributed by atoms with E-state index in [1.165, 1.54) is 35.8 Å². The van der Waals surface area contributed by atoms with Crippen molar-refractivity contribution >= 4 is 21.6 Å². The molecule has 7 nitrogen and oxygen atoms in total. The molecule has 0 unspecified atom stereocenters. The Bertz CT molecular complexity index is 892. The summed E-state index contributed by atoms with van der Waals surface area (Å²) in [5, 5.41) is 2.71. The smallest absolute Gasteiger partial charge is 0.259 e. The molecule has 144 valence electrons. The van der Waals surface area contributed by atoms with Crippen LogP contribution in [0.25, 0.3) is 0 Å². The molecule has 0 bridgehead atoms. The van der Waals surface area contributed by atoms with Crippen molar-refractivity contribution < 1.29 is 17.9 Å². The molecular formula is C19H23N3O4S. The number of nitrogens with zero attached hydrogens (tertiary/aromatic N) is 2. The fourth-order valence-electron chi connectivity index (χ4n) is 3.09. The zero-order valence-corrected chi connectivity index (χ0v) is 16.0. The third kappa shape index (κ3) is 4.45. The molecule has 1 amide bonds. The number of benzene rings is 1.